The van der Waals surface area contributed by atoms with Gasteiger partial charge in [-0.15, -0.1) is 0 Å². The molecule has 0 bridgehead atoms. The van der Waals surface area contributed by atoms with E-state index in [4.69, 9.17) is 4.74 Å². The van der Waals surface area contributed by atoms with Gasteiger partial charge < -0.3 is 20.7 Å². The average molecular weight is 376 g/mol. The fraction of sp³-hybridized carbons (Fsp3) is 0.600. The zero-order chi connectivity index (χ0) is 19.3. The van der Waals surface area contributed by atoms with Crippen molar-refractivity contribution in [3.63, 3.8) is 0 Å². The summed E-state index contributed by atoms with van der Waals surface area (Å²) in [6.45, 7) is 11.0. The van der Waals surface area contributed by atoms with E-state index in [-0.39, 0.29) is 5.91 Å². The lowest BCUT2D eigenvalue weighted by molar-refractivity contribution is -0.116. The molecule has 1 aliphatic heterocycles. The lowest BCUT2D eigenvalue weighted by atomic mass is 10.2. The van der Waals surface area contributed by atoms with Crippen molar-refractivity contribution in [3.8, 4) is 0 Å². The molecule has 0 radical (unpaired) electrons. The molecule has 1 fully saturated rings. The summed E-state index contributed by atoms with van der Waals surface area (Å²) in [5.74, 6) is 0.883. The minimum Gasteiger partial charge on any atom is -0.379 e. The number of morpholine rings is 1. The van der Waals surface area contributed by atoms with E-state index < -0.39 is 0 Å². The van der Waals surface area contributed by atoms with Crippen molar-refractivity contribution in [2.75, 3.05) is 51.3 Å². The van der Waals surface area contributed by atoms with E-state index in [1.165, 1.54) is 0 Å². The largest absolute Gasteiger partial charge is 0.379 e. The number of nitrogens with one attached hydrogen (secondary N) is 3. The molecule has 0 unspecified atom stereocenters. The topological polar surface area (TPSA) is 78.0 Å². The van der Waals surface area contributed by atoms with Crippen molar-refractivity contribution in [1.82, 2.24) is 15.5 Å². The van der Waals surface area contributed by atoms with Crippen molar-refractivity contribution >= 4 is 17.6 Å². The Morgan fingerprint density at radius 1 is 1.15 bits per heavy atom. The van der Waals surface area contributed by atoms with Crippen molar-refractivity contribution in [2.45, 2.75) is 33.2 Å². The maximum Gasteiger partial charge on any atom is 0.224 e. The maximum absolute atomic E-state index is 11.6. The number of hydrogen-bond donors (Lipinski definition) is 3. The summed E-state index contributed by atoms with van der Waals surface area (Å²) in [6.07, 6.45) is 1.40. The highest BCUT2D eigenvalue weighted by atomic mass is 16.5. The van der Waals surface area contributed by atoms with Crippen LogP contribution in [0.4, 0.5) is 5.69 Å². The van der Waals surface area contributed by atoms with E-state index in [0.717, 1.165) is 69.6 Å². The second-order valence-corrected chi connectivity index (χ2v) is 6.57. The molecule has 0 atom stereocenters. The van der Waals surface area contributed by atoms with E-state index in [1.54, 1.807) is 0 Å². The van der Waals surface area contributed by atoms with E-state index in [2.05, 4.69) is 32.8 Å². The number of carbonyl (C=O) groups is 1. The lowest BCUT2D eigenvalue weighted by Gasteiger charge is -2.26. The number of anilines is 1. The summed E-state index contributed by atoms with van der Waals surface area (Å²) in [5, 5.41) is 9.57. The second kappa shape index (κ2) is 12.3. The quantitative estimate of drug-likeness (QED) is 0.453. The number of carbonyl (C=O) groups excluding carboxylic acids is 1. The highest BCUT2D eigenvalue weighted by Crippen LogP contribution is 2.11. The summed E-state index contributed by atoms with van der Waals surface area (Å²) < 4.78 is 5.37. The molecule has 1 heterocycles. The Hall–Kier alpha value is -2.12. The molecule has 7 nitrogen and oxygen atoms in total. The van der Waals surface area contributed by atoms with Gasteiger partial charge in [0.1, 0.15) is 0 Å². The van der Waals surface area contributed by atoms with Gasteiger partial charge in [-0.1, -0.05) is 19.1 Å². The summed E-state index contributed by atoms with van der Waals surface area (Å²) in [4.78, 5) is 18.7. The van der Waals surface area contributed by atoms with Crippen LogP contribution < -0.4 is 16.0 Å². The molecule has 1 aromatic carbocycles. The summed E-state index contributed by atoms with van der Waals surface area (Å²) in [5.41, 5.74) is 1.94. The monoisotopic (exact) mass is 375 g/mol. The maximum atomic E-state index is 11.6. The number of nitrogens with zero attached hydrogens (tertiary/aromatic N) is 2. The Morgan fingerprint density at radius 3 is 2.56 bits per heavy atom. The summed E-state index contributed by atoms with van der Waals surface area (Å²) >= 11 is 0. The Kier molecular flexibility index (Phi) is 9.65. The van der Waals surface area contributed by atoms with Gasteiger partial charge in [0.25, 0.3) is 0 Å². The molecular weight excluding hydrogens is 342 g/mol. The molecule has 0 aliphatic carbocycles. The smallest absolute Gasteiger partial charge is 0.224 e. The van der Waals surface area contributed by atoms with Gasteiger partial charge in [-0.3, -0.25) is 9.69 Å². The van der Waals surface area contributed by atoms with Crippen LogP contribution in [0.2, 0.25) is 0 Å². The van der Waals surface area contributed by atoms with E-state index >= 15 is 0 Å². The number of amides is 1. The van der Waals surface area contributed by atoms with Gasteiger partial charge in [0.15, 0.2) is 5.96 Å². The molecule has 1 aromatic rings. The van der Waals surface area contributed by atoms with Crippen LogP contribution in [0.3, 0.4) is 0 Å². The van der Waals surface area contributed by atoms with Crippen LogP contribution in [0.1, 0.15) is 32.3 Å². The Morgan fingerprint density at radius 2 is 1.89 bits per heavy atom. The zero-order valence-electron chi connectivity index (χ0n) is 16.6. The van der Waals surface area contributed by atoms with Crippen LogP contribution in [0, 0.1) is 0 Å². The number of hydrogen-bond acceptors (Lipinski definition) is 4. The standard InChI is InChI=1S/C20H33N5O2/c1-3-5-19(26)24-18-8-6-17(7-9-18)16-23-20(21-4-2)22-10-11-25-12-14-27-15-13-25/h6-9H,3-5,10-16H2,1-2H3,(H,24,26)(H2,21,22,23). The molecule has 1 aliphatic rings. The van der Waals surface area contributed by atoms with Crippen LogP contribution in [0.5, 0.6) is 0 Å². The first-order chi connectivity index (χ1) is 13.2. The van der Waals surface area contributed by atoms with Gasteiger partial charge in [0.05, 0.1) is 19.8 Å². The second-order valence-electron chi connectivity index (χ2n) is 6.57. The lowest BCUT2D eigenvalue weighted by Crippen LogP contribution is -2.44. The molecule has 27 heavy (non-hydrogen) atoms. The van der Waals surface area contributed by atoms with Crippen LogP contribution >= 0.6 is 0 Å². The first-order valence-corrected chi connectivity index (χ1v) is 9.92. The van der Waals surface area contributed by atoms with E-state index in [0.29, 0.717) is 13.0 Å². The molecule has 7 heteroatoms. The van der Waals surface area contributed by atoms with E-state index in [1.807, 2.05) is 31.2 Å². The van der Waals surface area contributed by atoms with Crippen LogP contribution in [0.25, 0.3) is 0 Å². The Balaban J connectivity index is 1.79. The predicted molar refractivity (Wildman–Crippen MR) is 110 cm³/mol. The molecule has 3 N–H and O–H groups in total. The molecule has 0 aromatic heterocycles. The van der Waals surface area contributed by atoms with Crippen molar-refractivity contribution in [2.24, 2.45) is 4.99 Å². The van der Waals surface area contributed by atoms with Crippen LogP contribution in [0.15, 0.2) is 29.3 Å². The average Bonchev–Trinajstić information content (AvgIpc) is 2.68. The third-order valence-electron chi connectivity index (χ3n) is 4.30. The number of aliphatic imine (C=N–C) groups is 1. The van der Waals surface area contributed by atoms with Crippen LogP contribution in [-0.4, -0.2) is 62.7 Å². The highest BCUT2D eigenvalue weighted by Gasteiger charge is 2.09. The number of rotatable bonds is 9. The molecule has 1 amide bonds. The van der Waals surface area contributed by atoms with Gasteiger partial charge in [0.2, 0.25) is 5.91 Å². The Bertz CT molecular complexity index is 583. The van der Waals surface area contributed by atoms with Crippen LogP contribution in [-0.2, 0) is 16.1 Å². The highest BCUT2D eigenvalue weighted by molar-refractivity contribution is 5.90. The minimum atomic E-state index is 0.0576. The fourth-order valence-electron chi connectivity index (χ4n) is 2.81. The fourth-order valence-corrected chi connectivity index (χ4v) is 2.81. The van der Waals surface area contributed by atoms with E-state index in [9.17, 15) is 4.79 Å². The third-order valence-corrected chi connectivity index (χ3v) is 4.30. The predicted octanol–water partition coefficient (Wildman–Crippen LogP) is 1.81. The first-order valence-electron chi connectivity index (χ1n) is 9.92. The number of ether oxygens (including phenoxy) is 1. The minimum absolute atomic E-state index is 0.0576. The molecule has 0 saturated carbocycles. The molecule has 0 spiro atoms. The molecule has 1 saturated heterocycles. The van der Waals surface area contributed by atoms with Gasteiger partial charge in [-0.05, 0) is 31.0 Å². The van der Waals surface area contributed by atoms with Crippen molar-refractivity contribution in [3.05, 3.63) is 29.8 Å². The Labute approximate surface area is 162 Å². The molecule has 150 valence electrons. The zero-order valence-corrected chi connectivity index (χ0v) is 16.6. The van der Waals surface area contributed by atoms with Gasteiger partial charge in [0, 0.05) is 44.8 Å². The SMILES string of the molecule is CCCC(=O)Nc1ccc(CN=C(NCC)NCCN2CCOCC2)cc1. The van der Waals surface area contributed by atoms with Gasteiger partial charge in [-0.2, -0.15) is 0 Å². The number of benzene rings is 1. The summed E-state index contributed by atoms with van der Waals surface area (Å²) in [7, 11) is 0. The normalized spacial score (nSPS) is 15.4. The van der Waals surface area contributed by atoms with Crippen molar-refractivity contribution in [1.29, 1.82) is 0 Å². The summed E-state index contributed by atoms with van der Waals surface area (Å²) in [6, 6.07) is 7.86. The van der Waals surface area contributed by atoms with Gasteiger partial charge in [-0.25, -0.2) is 4.99 Å². The third kappa shape index (κ3) is 8.41. The molecular formula is C20H33N5O2. The number of guanidine groups is 1. The first kappa shape index (κ1) is 21.2. The molecule has 2 rings (SSSR count). The van der Waals surface area contributed by atoms with Crippen molar-refractivity contribution < 1.29 is 9.53 Å². The van der Waals surface area contributed by atoms with Gasteiger partial charge >= 0.3 is 0 Å².